The Balaban J connectivity index is 1.90. The van der Waals surface area contributed by atoms with Crippen LogP contribution in [0, 0.1) is 0 Å². The summed E-state index contributed by atoms with van der Waals surface area (Å²) in [6, 6.07) is 4.10. The molecule has 1 unspecified atom stereocenters. The van der Waals surface area contributed by atoms with Crippen molar-refractivity contribution in [2.45, 2.75) is 69.8 Å². The minimum absolute atomic E-state index is 0.0559. The van der Waals surface area contributed by atoms with Crippen LogP contribution in [-0.2, 0) is 16.0 Å². The van der Waals surface area contributed by atoms with Gasteiger partial charge in [0.1, 0.15) is 5.60 Å². The van der Waals surface area contributed by atoms with Crippen molar-refractivity contribution in [3.63, 3.8) is 0 Å². The average molecular weight is 287 g/mol. The predicted octanol–water partition coefficient (Wildman–Crippen LogP) is 3.81. The van der Waals surface area contributed by atoms with Gasteiger partial charge in [0, 0.05) is 12.8 Å². The first-order chi connectivity index (χ1) is 10.3. The second-order valence-corrected chi connectivity index (χ2v) is 6.34. The molecule has 3 nitrogen and oxygen atoms in total. The molecule has 0 radical (unpaired) electrons. The molecule has 21 heavy (non-hydrogen) atoms. The van der Waals surface area contributed by atoms with Crippen LogP contribution >= 0.6 is 0 Å². The topological polar surface area (TPSA) is 39.2 Å². The number of hydrogen-bond acceptors (Lipinski definition) is 3. The van der Waals surface area contributed by atoms with Gasteiger partial charge >= 0.3 is 0 Å². The maximum absolute atomic E-state index is 13.3. The second-order valence-electron chi connectivity index (χ2n) is 6.34. The molecule has 1 aromatic heterocycles. The quantitative estimate of drug-likeness (QED) is 0.845. The number of carbonyl (C=O) groups excluding carboxylic acids is 1. The van der Waals surface area contributed by atoms with E-state index in [9.17, 15) is 4.79 Å². The van der Waals surface area contributed by atoms with Gasteiger partial charge in [-0.05, 0) is 50.7 Å². The molecule has 0 saturated heterocycles. The molecule has 1 saturated carbocycles. The number of Topliss-reactive ketones (excluding diaryl/α,β-unsaturated/α-hetero) is 1. The normalized spacial score (nSPS) is 24.3. The molecule has 0 N–H and O–H groups in total. The van der Waals surface area contributed by atoms with Crippen LogP contribution in [0.2, 0.25) is 0 Å². The van der Waals surface area contributed by atoms with Crippen LogP contribution in [0.5, 0.6) is 0 Å². The van der Waals surface area contributed by atoms with Gasteiger partial charge in [-0.15, -0.1) is 0 Å². The lowest BCUT2D eigenvalue weighted by Gasteiger charge is -2.39. The summed E-state index contributed by atoms with van der Waals surface area (Å²) in [6.45, 7) is 2.62. The van der Waals surface area contributed by atoms with Gasteiger partial charge in [0.2, 0.25) is 0 Å². The lowest BCUT2D eigenvalue weighted by atomic mass is 9.73. The molecule has 0 aliphatic heterocycles. The number of aromatic nitrogens is 1. The first-order valence-corrected chi connectivity index (χ1v) is 8.39. The summed E-state index contributed by atoms with van der Waals surface area (Å²) in [5, 5.41) is 0. The highest BCUT2D eigenvalue weighted by atomic mass is 16.5. The van der Waals surface area contributed by atoms with Crippen molar-refractivity contribution in [2.75, 3.05) is 6.61 Å². The van der Waals surface area contributed by atoms with Crippen molar-refractivity contribution >= 4 is 5.78 Å². The van der Waals surface area contributed by atoms with E-state index in [-0.39, 0.29) is 5.92 Å². The monoisotopic (exact) mass is 287 g/mol. The lowest BCUT2D eigenvalue weighted by Crippen LogP contribution is -2.46. The Kier molecular flexibility index (Phi) is 4.39. The van der Waals surface area contributed by atoms with E-state index >= 15 is 0 Å². The zero-order valence-corrected chi connectivity index (χ0v) is 12.9. The van der Waals surface area contributed by atoms with Gasteiger partial charge in [0.25, 0.3) is 0 Å². The van der Waals surface area contributed by atoms with Crippen LogP contribution in [0.4, 0.5) is 0 Å². The summed E-state index contributed by atoms with van der Waals surface area (Å²) >= 11 is 0. The molecule has 2 aliphatic carbocycles. The Bertz CT molecular complexity index is 500. The molecule has 2 aliphatic rings. The fourth-order valence-electron chi connectivity index (χ4n) is 4.04. The summed E-state index contributed by atoms with van der Waals surface area (Å²) < 4.78 is 6.02. The predicted molar refractivity (Wildman–Crippen MR) is 82.4 cm³/mol. The molecule has 0 spiro atoms. The second kappa shape index (κ2) is 6.27. The summed E-state index contributed by atoms with van der Waals surface area (Å²) in [5.74, 6) is 0.239. The Hall–Kier alpha value is -1.22. The van der Waals surface area contributed by atoms with Gasteiger partial charge in [-0.25, -0.2) is 0 Å². The van der Waals surface area contributed by atoms with Crippen molar-refractivity contribution in [2.24, 2.45) is 0 Å². The molecule has 1 atom stereocenters. The number of carbonyl (C=O) groups is 1. The Labute approximate surface area is 127 Å². The minimum atomic E-state index is -0.538. The molecular weight excluding hydrogens is 262 g/mol. The van der Waals surface area contributed by atoms with Gasteiger partial charge in [0.15, 0.2) is 5.78 Å². The van der Waals surface area contributed by atoms with E-state index < -0.39 is 5.60 Å². The zero-order chi connectivity index (χ0) is 14.7. The van der Waals surface area contributed by atoms with Gasteiger partial charge < -0.3 is 4.74 Å². The fraction of sp³-hybridized carbons (Fsp3) is 0.667. The SMILES string of the molecule is CCOC1(C(=O)C2CCCc3cccnc32)CCCCC1. The van der Waals surface area contributed by atoms with Crippen molar-refractivity contribution in [1.82, 2.24) is 4.98 Å². The third-order valence-electron chi connectivity index (χ3n) is 5.04. The minimum Gasteiger partial charge on any atom is -0.367 e. The van der Waals surface area contributed by atoms with E-state index in [0.29, 0.717) is 12.4 Å². The first-order valence-electron chi connectivity index (χ1n) is 8.39. The molecule has 1 heterocycles. The van der Waals surface area contributed by atoms with Crippen LogP contribution < -0.4 is 0 Å². The molecular formula is C18H25NO2. The number of ketones is 1. The van der Waals surface area contributed by atoms with Gasteiger partial charge in [-0.2, -0.15) is 0 Å². The van der Waals surface area contributed by atoms with Gasteiger partial charge in [-0.1, -0.05) is 25.3 Å². The first kappa shape index (κ1) is 14.7. The highest BCUT2D eigenvalue weighted by Crippen LogP contribution is 2.40. The fourth-order valence-corrected chi connectivity index (χ4v) is 4.04. The summed E-state index contributed by atoms with van der Waals surface area (Å²) in [4.78, 5) is 17.8. The van der Waals surface area contributed by atoms with E-state index in [4.69, 9.17) is 4.74 Å². The maximum atomic E-state index is 13.3. The van der Waals surface area contributed by atoms with E-state index in [2.05, 4.69) is 11.1 Å². The zero-order valence-electron chi connectivity index (χ0n) is 12.9. The van der Waals surface area contributed by atoms with Crippen LogP contribution in [0.1, 0.15) is 69.0 Å². The Morgan fingerprint density at radius 1 is 1.33 bits per heavy atom. The van der Waals surface area contributed by atoms with Crippen molar-refractivity contribution in [1.29, 1.82) is 0 Å². The number of rotatable bonds is 4. The Morgan fingerprint density at radius 3 is 2.90 bits per heavy atom. The summed E-state index contributed by atoms with van der Waals surface area (Å²) in [6.07, 6.45) is 10.1. The van der Waals surface area contributed by atoms with Crippen molar-refractivity contribution < 1.29 is 9.53 Å². The van der Waals surface area contributed by atoms with E-state index in [1.807, 2.05) is 19.2 Å². The van der Waals surface area contributed by atoms with E-state index in [1.54, 1.807) is 0 Å². The summed E-state index contributed by atoms with van der Waals surface area (Å²) in [7, 11) is 0. The molecule has 3 rings (SSSR count). The van der Waals surface area contributed by atoms with Crippen LogP contribution in [0.15, 0.2) is 18.3 Å². The Morgan fingerprint density at radius 2 is 2.14 bits per heavy atom. The lowest BCUT2D eigenvalue weighted by molar-refractivity contribution is -0.151. The molecule has 0 amide bonds. The average Bonchev–Trinajstić information content (AvgIpc) is 2.55. The standard InChI is InChI=1S/C18H25NO2/c1-2-21-18(11-4-3-5-12-18)17(20)15-10-6-8-14-9-7-13-19-16(14)15/h7,9,13,15H,2-6,8,10-12H2,1H3. The van der Waals surface area contributed by atoms with E-state index in [0.717, 1.165) is 50.6 Å². The molecule has 114 valence electrons. The molecule has 1 fully saturated rings. The third kappa shape index (κ3) is 2.76. The number of aryl methyl sites for hydroxylation is 1. The van der Waals surface area contributed by atoms with Gasteiger partial charge in [-0.3, -0.25) is 9.78 Å². The number of fused-ring (bicyclic) bond motifs is 1. The van der Waals surface area contributed by atoms with Gasteiger partial charge in [0.05, 0.1) is 11.6 Å². The molecule has 0 bridgehead atoms. The number of nitrogens with zero attached hydrogens (tertiary/aromatic N) is 1. The third-order valence-corrected chi connectivity index (χ3v) is 5.04. The van der Waals surface area contributed by atoms with E-state index in [1.165, 1.54) is 12.0 Å². The number of ether oxygens (including phenoxy) is 1. The highest BCUT2D eigenvalue weighted by molar-refractivity contribution is 5.93. The largest absolute Gasteiger partial charge is 0.367 e. The smallest absolute Gasteiger partial charge is 0.173 e. The molecule has 1 aromatic rings. The number of hydrogen-bond donors (Lipinski definition) is 0. The summed E-state index contributed by atoms with van der Waals surface area (Å²) in [5.41, 5.74) is 1.73. The maximum Gasteiger partial charge on any atom is 0.173 e. The van der Waals surface area contributed by atoms with Crippen molar-refractivity contribution in [3.8, 4) is 0 Å². The molecule has 3 heteroatoms. The van der Waals surface area contributed by atoms with Crippen LogP contribution in [0.3, 0.4) is 0 Å². The molecule has 0 aromatic carbocycles. The van der Waals surface area contributed by atoms with Crippen LogP contribution in [0.25, 0.3) is 0 Å². The van der Waals surface area contributed by atoms with Crippen LogP contribution in [-0.4, -0.2) is 23.0 Å². The van der Waals surface area contributed by atoms with Crippen molar-refractivity contribution in [3.05, 3.63) is 29.6 Å². The number of pyridine rings is 1. The highest BCUT2D eigenvalue weighted by Gasteiger charge is 2.45.